The number of rotatable bonds is 7. The van der Waals surface area contributed by atoms with E-state index in [9.17, 15) is 25.3 Å². The van der Waals surface area contributed by atoms with Crippen LogP contribution in [0.3, 0.4) is 0 Å². The van der Waals surface area contributed by atoms with E-state index in [1.165, 1.54) is 12.1 Å². The van der Waals surface area contributed by atoms with Crippen molar-refractivity contribution in [3.8, 4) is 11.8 Å². The van der Waals surface area contributed by atoms with Crippen molar-refractivity contribution in [2.24, 2.45) is 0 Å². The average Bonchev–Trinajstić information content (AvgIpc) is 2.67. The third-order valence-corrected chi connectivity index (χ3v) is 3.96. The van der Waals surface area contributed by atoms with Crippen LogP contribution in [-0.2, 0) is 4.79 Å². The van der Waals surface area contributed by atoms with Gasteiger partial charge in [0.1, 0.15) is 11.6 Å². The Morgan fingerprint density at radius 3 is 2.63 bits per heavy atom. The minimum atomic E-state index is -0.731. The van der Waals surface area contributed by atoms with Gasteiger partial charge in [-0.3, -0.25) is 14.9 Å². The number of hydrogen-bond donors (Lipinski definition) is 2. The summed E-state index contributed by atoms with van der Waals surface area (Å²) in [5.41, 5.74) is 0.546. The van der Waals surface area contributed by atoms with Crippen LogP contribution in [0.2, 0.25) is 0 Å². The van der Waals surface area contributed by atoms with Crippen LogP contribution in [0, 0.1) is 21.4 Å². The number of amides is 1. The molecule has 0 unspecified atom stereocenters. The lowest BCUT2D eigenvalue weighted by atomic mass is 10.0. The molecule has 2 aromatic rings. The first kappa shape index (κ1) is 19.7. The highest BCUT2D eigenvalue weighted by Crippen LogP contribution is 2.27. The zero-order chi connectivity index (χ0) is 19.8. The van der Waals surface area contributed by atoms with E-state index in [-0.39, 0.29) is 17.2 Å². The molecule has 0 heterocycles. The summed E-state index contributed by atoms with van der Waals surface area (Å²) in [6.45, 7) is 2.00. The molecule has 2 N–H and O–H groups in total. The molecule has 7 nitrogen and oxygen atoms in total. The van der Waals surface area contributed by atoms with Crippen molar-refractivity contribution in [1.29, 1.82) is 5.26 Å². The Hall–Kier alpha value is -3.66. The van der Waals surface area contributed by atoms with Gasteiger partial charge in [0, 0.05) is 6.07 Å². The minimum Gasteiger partial charge on any atom is -0.502 e. The molecule has 138 valence electrons. The Kier molecular flexibility index (Phi) is 6.67. The van der Waals surface area contributed by atoms with E-state index < -0.39 is 22.3 Å². The summed E-state index contributed by atoms with van der Waals surface area (Å²) in [5.74, 6) is -1.04. The Labute approximate surface area is 156 Å². The molecular formula is C20H19N3O4. The molecule has 1 amide bonds. The SMILES string of the molecule is CCC[C@H](NC(=O)C(C#N)=Cc1ccc(O)c([N+](=O)[O-])c1)c1ccccc1. The summed E-state index contributed by atoms with van der Waals surface area (Å²) in [6, 6.07) is 14.7. The van der Waals surface area contributed by atoms with Crippen molar-refractivity contribution in [2.45, 2.75) is 25.8 Å². The van der Waals surface area contributed by atoms with Crippen LogP contribution in [0.1, 0.15) is 36.9 Å². The topological polar surface area (TPSA) is 116 Å². The predicted molar refractivity (Wildman–Crippen MR) is 101 cm³/mol. The Bertz CT molecular complexity index is 901. The van der Waals surface area contributed by atoms with Gasteiger partial charge in [-0.1, -0.05) is 49.7 Å². The minimum absolute atomic E-state index is 0.174. The highest BCUT2D eigenvalue weighted by molar-refractivity contribution is 6.02. The van der Waals surface area contributed by atoms with Gasteiger partial charge in [-0.25, -0.2) is 0 Å². The number of nitriles is 1. The van der Waals surface area contributed by atoms with Gasteiger partial charge in [-0.15, -0.1) is 0 Å². The summed E-state index contributed by atoms with van der Waals surface area (Å²) in [4.78, 5) is 22.7. The van der Waals surface area contributed by atoms with Crippen molar-refractivity contribution in [1.82, 2.24) is 5.32 Å². The average molecular weight is 365 g/mol. The van der Waals surface area contributed by atoms with Crippen LogP contribution in [0.25, 0.3) is 6.08 Å². The van der Waals surface area contributed by atoms with Gasteiger partial charge in [-0.2, -0.15) is 5.26 Å². The maximum atomic E-state index is 12.5. The van der Waals surface area contributed by atoms with Crippen molar-refractivity contribution in [2.75, 3.05) is 0 Å². The molecule has 0 saturated carbocycles. The lowest BCUT2D eigenvalue weighted by molar-refractivity contribution is -0.385. The fourth-order valence-corrected chi connectivity index (χ4v) is 2.62. The summed E-state index contributed by atoms with van der Waals surface area (Å²) >= 11 is 0. The van der Waals surface area contributed by atoms with E-state index in [2.05, 4.69) is 5.32 Å². The second-order valence-corrected chi connectivity index (χ2v) is 5.90. The lowest BCUT2D eigenvalue weighted by Gasteiger charge is -2.18. The van der Waals surface area contributed by atoms with Crippen LogP contribution in [-0.4, -0.2) is 15.9 Å². The van der Waals surface area contributed by atoms with Crippen LogP contribution in [0.15, 0.2) is 54.1 Å². The summed E-state index contributed by atoms with van der Waals surface area (Å²) < 4.78 is 0. The van der Waals surface area contributed by atoms with E-state index in [1.807, 2.05) is 43.3 Å². The maximum absolute atomic E-state index is 12.5. The quantitative estimate of drug-likeness (QED) is 0.334. The number of nitrogens with zero attached hydrogens (tertiary/aromatic N) is 2. The number of aromatic hydroxyl groups is 1. The van der Waals surface area contributed by atoms with Crippen LogP contribution < -0.4 is 5.32 Å². The molecule has 0 aromatic heterocycles. The van der Waals surface area contributed by atoms with Gasteiger partial charge in [0.05, 0.1) is 11.0 Å². The predicted octanol–water partition coefficient (Wildman–Crippen LogP) is 3.86. The summed E-state index contributed by atoms with van der Waals surface area (Å²) in [7, 11) is 0. The lowest BCUT2D eigenvalue weighted by Crippen LogP contribution is -2.29. The summed E-state index contributed by atoms with van der Waals surface area (Å²) in [5, 5.41) is 32.6. The van der Waals surface area contributed by atoms with Gasteiger partial charge in [0.2, 0.25) is 0 Å². The van der Waals surface area contributed by atoms with Crippen molar-refractivity contribution < 1.29 is 14.8 Å². The molecule has 0 spiro atoms. The van der Waals surface area contributed by atoms with Gasteiger partial charge in [0.15, 0.2) is 5.75 Å². The molecule has 2 aromatic carbocycles. The van der Waals surface area contributed by atoms with Crippen molar-refractivity contribution in [3.63, 3.8) is 0 Å². The molecule has 7 heteroatoms. The number of carbonyl (C=O) groups is 1. The van der Waals surface area contributed by atoms with Crippen LogP contribution >= 0.6 is 0 Å². The number of phenolic OH excluding ortho intramolecular Hbond substituents is 1. The first-order valence-electron chi connectivity index (χ1n) is 8.41. The van der Waals surface area contributed by atoms with Gasteiger partial charge >= 0.3 is 5.69 Å². The zero-order valence-electron chi connectivity index (χ0n) is 14.8. The van der Waals surface area contributed by atoms with Gasteiger partial charge in [0.25, 0.3) is 5.91 Å². The molecule has 0 bridgehead atoms. The molecule has 0 aliphatic rings. The Balaban J connectivity index is 2.27. The smallest absolute Gasteiger partial charge is 0.311 e. The number of carbonyl (C=O) groups excluding carboxylic acids is 1. The number of phenols is 1. The zero-order valence-corrected chi connectivity index (χ0v) is 14.8. The molecule has 0 fully saturated rings. The second-order valence-electron chi connectivity index (χ2n) is 5.90. The maximum Gasteiger partial charge on any atom is 0.311 e. The number of nitro benzene ring substituents is 1. The highest BCUT2D eigenvalue weighted by Gasteiger charge is 2.18. The Morgan fingerprint density at radius 1 is 1.33 bits per heavy atom. The van der Waals surface area contributed by atoms with E-state index in [4.69, 9.17) is 0 Å². The van der Waals surface area contributed by atoms with E-state index >= 15 is 0 Å². The number of nitrogens with one attached hydrogen (secondary N) is 1. The molecule has 2 rings (SSSR count). The monoisotopic (exact) mass is 365 g/mol. The van der Waals surface area contributed by atoms with Crippen LogP contribution in [0.5, 0.6) is 5.75 Å². The fraction of sp³-hybridized carbons (Fsp3) is 0.200. The largest absolute Gasteiger partial charge is 0.502 e. The Morgan fingerprint density at radius 2 is 2.04 bits per heavy atom. The fourth-order valence-electron chi connectivity index (χ4n) is 2.62. The molecule has 0 aliphatic heterocycles. The first-order valence-corrected chi connectivity index (χ1v) is 8.41. The molecular weight excluding hydrogens is 346 g/mol. The third-order valence-electron chi connectivity index (χ3n) is 3.96. The number of nitro groups is 1. The van der Waals surface area contributed by atoms with E-state index in [1.54, 1.807) is 0 Å². The normalized spacial score (nSPS) is 12.1. The van der Waals surface area contributed by atoms with E-state index in [0.717, 1.165) is 24.1 Å². The molecule has 0 saturated heterocycles. The van der Waals surface area contributed by atoms with Crippen molar-refractivity contribution in [3.05, 3.63) is 75.3 Å². The van der Waals surface area contributed by atoms with Gasteiger partial charge < -0.3 is 10.4 Å². The van der Waals surface area contributed by atoms with Crippen molar-refractivity contribution >= 4 is 17.7 Å². The standard InChI is InChI=1S/C20H19N3O4/c1-2-6-17(15-7-4-3-5-8-15)22-20(25)16(13-21)11-14-9-10-19(24)18(12-14)23(26)27/h3-5,7-12,17,24H,2,6H2,1H3,(H,22,25)/t17-/m0/s1. The highest BCUT2D eigenvalue weighted by atomic mass is 16.6. The molecule has 0 aliphatic carbocycles. The second kappa shape index (κ2) is 9.15. The molecule has 1 atom stereocenters. The molecule has 0 radical (unpaired) electrons. The van der Waals surface area contributed by atoms with Crippen LogP contribution in [0.4, 0.5) is 5.69 Å². The molecule has 27 heavy (non-hydrogen) atoms. The summed E-state index contributed by atoms with van der Waals surface area (Å²) in [6.07, 6.45) is 2.81. The van der Waals surface area contributed by atoms with E-state index in [0.29, 0.717) is 6.42 Å². The number of benzene rings is 2. The third kappa shape index (κ3) is 5.16. The van der Waals surface area contributed by atoms with Gasteiger partial charge in [-0.05, 0) is 29.7 Å². The number of hydrogen-bond acceptors (Lipinski definition) is 5. The first-order chi connectivity index (χ1) is 13.0.